The molecule has 0 amide bonds. The summed E-state index contributed by atoms with van der Waals surface area (Å²) in [5, 5.41) is 35.5. The molecule has 0 radical (unpaired) electrons. The third-order valence-electron chi connectivity index (χ3n) is 10.6. The van der Waals surface area contributed by atoms with Gasteiger partial charge in [0.25, 0.3) is 0 Å². The van der Waals surface area contributed by atoms with E-state index < -0.39 is 73.4 Å². The van der Waals surface area contributed by atoms with Crippen LogP contribution in [0, 0.1) is 0 Å². The highest BCUT2D eigenvalue weighted by molar-refractivity contribution is 5.90. The number of hydrogen-bond donors (Lipinski definition) is 3. The van der Waals surface area contributed by atoms with Gasteiger partial charge in [-0.15, -0.1) is 0 Å². The SMILES string of the molecule is CCCCCCCCO[C@H]1O[C@H](COCc2ccccc2)[C@@H](O[C@H]2O[C@H](COCc3ccccc3)[C@@H](O)[C@H](OC(=O)c3ccccc3)[C@@H]2O)[C@H](O)[C@@H]1OC(=O)c1ccccc1. The van der Waals surface area contributed by atoms with Gasteiger partial charge in [-0.1, -0.05) is 136 Å². The van der Waals surface area contributed by atoms with Gasteiger partial charge in [0, 0.05) is 6.61 Å². The van der Waals surface area contributed by atoms with E-state index in [4.69, 9.17) is 37.9 Å². The molecule has 2 aliphatic rings. The molecule has 6 rings (SSSR count). The summed E-state index contributed by atoms with van der Waals surface area (Å²) in [5.41, 5.74) is 2.21. The Bertz CT molecular complexity index is 1850. The second kappa shape index (κ2) is 24.2. The Morgan fingerprint density at radius 2 is 1.00 bits per heavy atom. The Hall–Kier alpha value is -4.54. The van der Waals surface area contributed by atoms with Crippen molar-refractivity contribution in [2.75, 3.05) is 19.8 Å². The van der Waals surface area contributed by atoms with E-state index in [0.29, 0.717) is 0 Å². The van der Waals surface area contributed by atoms with Crippen molar-refractivity contribution < 1.29 is 62.8 Å². The van der Waals surface area contributed by atoms with Gasteiger partial charge in [-0.25, -0.2) is 9.59 Å². The molecule has 2 fully saturated rings. The van der Waals surface area contributed by atoms with Crippen molar-refractivity contribution in [1.82, 2.24) is 0 Å². The predicted octanol–water partition coefficient (Wildman–Crippen LogP) is 6.17. The van der Waals surface area contributed by atoms with Crippen LogP contribution in [0.15, 0.2) is 121 Å². The van der Waals surface area contributed by atoms with E-state index in [1.807, 2.05) is 60.7 Å². The zero-order chi connectivity index (χ0) is 42.8. The van der Waals surface area contributed by atoms with Crippen LogP contribution in [0.5, 0.6) is 0 Å². The number of aliphatic hydroxyl groups is 3. The van der Waals surface area contributed by atoms with Crippen LogP contribution in [-0.2, 0) is 51.1 Å². The standard InChI is InChI=1S/C48H58O13/c1-2-3-4-5-6-19-28-56-48-44(60-46(53)36-26-17-10-18-27-36)40(50)42(38(58-48)32-55-30-34-22-13-8-14-23-34)61-47-41(51)43(59-45(52)35-24-15-9-16-25-35)39(49)37(57-47)31-54-29-33-20-11-7-12-21-33/h7-18,20-27,37-44,47-51H,2-6,19,28-32H2,1H3/t37-,38-,39-,40+,41+,42-,43+,44+,47-,48+/m1/s1. The smallest absolute Gasteiger partial charge is 0.338 e. The molecule has 2 heterocycles. The molecule has 4 aromatic carbocycles. The first-order valence-corrected chi connectivity index (χ1v) is 21.2. The van der Waals surface area contributed by atoms with E-state index in [1.54, 1.807) is 60.7 Å². The highest BCUT2D eigenvalue weighted by Gasteiger charge is 2.54. The average Bonchev–Trinajstić information content (AvgIpc) is 3.29. The summed E-state index contributed by atoms with van der Waals surface area (Å²) in [4.78, 5) is 26.8. The van der Waals surface area contributed by atoms with Gasteiger partial charge in [-0.3, -0.25) is 0 Å². The number of aliphatic hydroxyl groups excluding tert-OH is 3. The first-order valence-electron chi connectivity index (χ1n) is 21.2. The molecule has 2 saturated heterocycles. The van der Waals surface area contributed by atoms with E-state index in [0.717, 1.165) is 49.7 Å². The molecule has 10 atom stereocenters. The first kappa shape index (κ1) is 46.0. The van der Waals surface area contributed by atoms with Crippen molar-refractivity contribution in [3.8, 4) is 0 Å². The second-order valence-corrected chi connectivity index (χ2v) is 15.3. The third kappa shape index (κ3) is 13.5. The maximum atomic E-state index is 13.5. The Morgan fingerprint density at radius 1 is 0.525 bits per heavy atom. The summed E-state index contributed by atoms with van der Waals surface area (Å²) < 4.78 is 49.1. The monoisotopic (exact) mass is 842 g/mol. The van der Waals surface area contributed by atoms with Gasteiger partial charge in [0.2, 0.25) is 0 Å². The second-order valence-electron chi connectivity index (χ2n) is 15.3. The molecule has 61 heavy (non-hydrogen) atoms. The van der Waals surface area contributed by atoms with E-state index in [-0.39, 0.29) is 44.2 Å². The quantitative estimate of drug-likeness (QED) is 0.0608. The highest BCUT2D eigenvalue weighted by atomic mass is 16.8. The van der Waals surface area contributed by atoms with Crippen LogP contribution in [0.4, 0.5) is 0 Å². The lowest BCUT2D eigenvalue weighted by atomic mass is 9.96. The fraction of sp³-hybridized carbons (Fsp3) is 0.458. The number of carbonyl (C=O) groups excluding carboxylic acids is 2. The van der Waals surface area contributed by atoms with Gasteiger partial charge < -0.3 is 53.2 Å². The third-order valence-corrected chi connectivity index (χ3v) is 10.6. The molecule has 0 bridgehead atoms. The molecule has 2 aliphatic heterocycles. The highest BCUT2D eigenvalue weighted by Crippen LogP contribution is 2.33. The molecule has 3 N–H and O–H groups in total. The minimum atomic E-state index is -1.77. The normalized spacial score (nSPS) is 26.4. The van der Waals surface area contributed by atoms with Crippen molar-refractivity contribution in [1.29, 1.82) is 0 Å². The Morgan fingerprint density at radius 3 is 1.56 bits per heavy atom. The summed E-state index contributed by atoms with van der Waals surface area (Å²) in [6, 6.07) is 35.4. The molecule has 13 nitrogen and oxygen atoms in total. The molecular formula is C48H58O13. The number of hydrogen-bond acceptors (Lipinski definition) is 13. The van der Waals surface area contributed by atoms with E-state index >= 15 is 0 Å². The maximum absolute atomic E-state index is 13.5. The van der Waals surface area contributed by atoms with E-state index in [1.165, 1.54) is 0 Å². The molecule has 0 aromatic heterocycles. The zero-order valence-corrected chi connectivity index (χ0v) is 34.5. The van der Waals surface area contributed by atoms with Gasteiger partial charge in [0.1, 0.15) is 36.6 Å². The summed E-state index contributed by atoms with van der Waals surface area (Å²) in [7, 11) is 0. The molecule has 0 spiro atoms. The minimum Gasteiger partial charge on any atom is -0.453 e. The fourth-order valence-electron chi connectivity index (χ4n) is 7.25. The number of ether oxygens (including phenoxy) is 8. The number of unbranched alkanes of at least 4 members (excludes halogenated alkanes) is 5. The lowest BCUT2D eigenvalue weighted by Crippen LogP contribution is -2.65. The van der Waals surface area contributed by atoms with Crippen LogP contribution in [0.3, 0.4) is 0 Å². The van der Waals surface area contributed by atoms with Crippen LogP contribution in [0.25, 0.3) is 0 Å². The minimum absolute atomic E-state index is 0.117. The molecule has 4 aromatic rings. The Balaban J connectivity index is 1.25. The van der Waals surface area contributed by atoms with Crippen LogP contribution in [0.2, 0.25) is 0 Å². The van der Waals surface area contributed by atoms with Crippen molar-refractivity contribution in [2.45, 2.75) is 120 Å². The number of rotatable bonds is 22. The Labute approximate surface area is 357 Å². The van der Waals surface area contributed by atoms with Crippen molar-refractivity contribution in [3.05, 3.63) is 144 Å². The van der Waals surface area contributed by atoms with Gasteiger partial charge >= 0.3 is 11.9 Å². The van der Waals surface area contributed by atoms with Gasteiger partial charge in [0.05, 0.1) is 37.6 Å². The topological polar surface area (TPSA) is 169 Å². The molecule has 13 heteroatoms. The largest absolute Gasteiger partial charge is 0.453 e. The number of esters is 2. The summed E-state index contributed by atoms with van der Waals surface area (Å²) in [5.74, 6) is -1.51. The van der Waals surface area contributed by atoms with Crippen LogP contribution < -0.4 is 0 Å². The van der Waals surface area contributed by atoms with Crippen molar-refractivity contribution in [3.63, 3.8) is 0 Å². The first-order chi connectivity index (χ1) is 29.8. The lowest BCUT2D eigenvalue weighted by Gasteiger charge is -2.47. The zero-order valence-electron chi connectivity index (χ0n) is 34.5. The lowest BCUT2D eigenvalue weighted by molar-refractivity contribution is -0.360. The van der Waals surface area contributed by atoms with Crippen molar-refractivity contribution >= 4 is 11.9 Å². The Kier molecular flexibility index (Phi) is 18.2. The molecule has 0 unspecified atom stereocenters. The van der Waals surface area contributed by atoms with Crippen molar-refractivity contribution in [2.24, 2.45) is 0 Å². The fourth-order valence-corrected chi connectivity index (χ4v) is 7.25. The van der Waals surface area contributed by atoms with Crippen LogP contribution in [-0.4, -0.2) is 108 Å². The molecule has 0 aliphatic carbocycles. The van der Waals surface area contributed by atoms with Crippen LogP contribution >= 0.6 is 0 Å². The average molecular weight is 843 g/mol. The molecular weight excluding hydrogens is 785 g/mol. The molecule has 0 saturated carbocycles. The number of benzene rings is 4. The predicted molar refractivity (Wildman–Crippen MR) is 223 cm³/mol. The summed E-state index contributed by atoms with van der Waals surface area (Å²) in [6.07, 6.45) is -8.22. The van der Waals surface area contributed by atoms with Crippen LogP contribution in [0.1, 0.15) is 77.3 Å². The maximum Gasteiger partial charge on any atom is 0.338 e. The van der Waals surface area contributed by atoms with E-state index in [2.05, 4.69) is 6.92 Å². The van der Waals surface area contributed by atoms with Gasteiger partial charge in [0.15, 0.2) is 24.8 Å². The summed E-state index contributed by atoms with van der Waals surface area (Å²) >= 11 is 0. The van der Waals surface area contributed by atoms with Gasteiger partial charge in [-0.2, -0.15) is 0 Å². The van der Waals surface area contributed by atoms with Gasteiger partial charge in [-0.05, 0) is 41.8 Å². The molecule has 328 valence electrons. The summed E-state index contributed by atoms with van der Waals surface area (Å²) in [6.45, 7) is 2.52. The van der Waals surface area contributed by atoms with E-state index in [9.17, 15) is 24.9 Å². The number of carbonyl (C=O) groups is 2.